The maximum Gasteiger partial charge on any atom is 0.243 e. The van der Waals surface area contributed by atoms with Gasteiger partial charge in [0.1, 0.15) is 11.9 Å². The highest BCUT2D eigenvalue weighted by atomic mass is 35.5. The van der Waals surface area contributed by atoms with Gasteiger partial charge < -0.3 is 10.2 Å². The standard InChI is InChI=1S/C23H27Cl2FN2O2/c1-4-15(3)27-23(30)21(5-2)28(14-17-8-9-18(24)13-20(17)25)22(29)12-16-6-10-19(26)11-7-16/h6-11,13,15,21H,4-5,12,14H2,1-3H3,(H,27,30)/t15-,21+/m0/s1. The number of carbonyl (C=O) groups excluding carboxylic acids is 2. The summed E-state index contributed by atoms with van der Waals surface area (Å²) in [6.07, 6.45) is 1.29. The minimum absolute atomic E-state index is 0.000259. The molecule has 4 nitrogen and oxygen atoms in total. The van der Waals surface area contributed by atoms with E-state index in [0.29, 0.717) is 27.6 Å². The van der Waals surface area contributed by atoms with E-state index in [1.807, 2.05) is 20.8 Å². The molecule has 0 fully saturated rings. The topological polar surface area (TPSA) is 49.4 Å². The van der Waals surface area contributed by atoms with Gasteiger partial charge in [0.2, 0.25) is 11.8 Å². The van der Waals surface area contributed by atoms with Crippen molar-refractivity contribution in [1.82, 2.24) is 10.2 Å². The fourth-order valence-corrected chi connectivity index (χ4v) is 3.54. The van der Waals surface area contributed by atoms with Crippen LogP contribution in [0.25, 0.3) is 0 Å². The van der Waals surface area contributed by atoms with Crippen molar-refractivity contribution < 1.29 is 14.0 Å². The second kappa shape index (κ2) is 11.3. The van der Waals surface area contributed by atoms with E-state index in [-0.39, 0.29) is 36.6 Å². The number of halogens is 3. The largest absolute Gasteiger partial charge is 0.352 e. The van der Waals surface area contributed by atoms with Crippen LogP contribution in [0.1, 0.15) is 44.7 Å². The molecule has 2 atom stereocenters. The Hall–Kier alpha value is -2.11. The number of hydrogen-bond donors (Lipinski definition) is 1. The predicted octanol–water partition coefficient (Wildman–Crippen LogP) is 5.40. The highest BCUT2D eigenvalue weighted by Gasteiger charge is 2.29. The minimum Gasteiger partial charge on any atom is -0.352 e. The van der Waals surface area contributed by atoms with Crippen LogP contribution in [0.4, 0.5) is 4.39 Å². The SMILES string of the molecule is CC[C@H](C(=O)N[C@@H](C)CC)N(Cc1ccc(Cl)cc1Cl)C(=O)Cc1ccc(F)cc1. The number of nitrogens with zero attached hydrogens (tertiary/aromatic N) is 1. The number of rotatable bonds is 9. The average molecular weight is 453 g/mol. The molecule has 2 aromatic carbocycles. The first-order valence-electron chi connectivity index (χ1n) is 10.0. The number of carbonyl (C=O) groups is 2. The Balaban J connectivity index is 2.32. The van der Waals surface area contributed by atoms with E-state index in [0.717, 1.165) is 6.42 Å². The summed E-state index contributed by atoms with van der Waals surface area (Å²) in [5.41, 5.74) is 1.37. The van der Waals surface area contributed by atoms with Crippen molar-refractivity contribution in [2.45, 2.75) is 58.7 Å². The van der Waals surface area contributed by atoms with Crippen molar-refractivity contribution in [1.29, 1.82) is 0 Å². The lowest BCUT2D eigenvalue weighted by Crippen LogP contribution is -2.51. The second-order valence-electron chi connectivity index (χ2n) is 7.30. The maximum absolute atomic E-state index is 13.2. The molecule has 0 spiro atoms. The number of nitrogens with one attached hydrogen (secondary N) is 1. The smallest absolute Gasteiger partial charge is 0.243 e. The first-order valence-corrected chi connectivity index (χ1v) is 10.8. The van der Waals surface area contributed by atoms with E-state index in [9.17, 15) is 14.0 Å². The van der Waals surface area contributed by atoms with Crippen molar-refractivity contribution >= 4 is 35.0 Å². The van der Waals surface area contributed by atoms with Gasteiger partial charge in [0, 0.05) is 22.6 Å². The van der Waals surface area contributed by atoms with Crippen molar-refractivity contribution in [3.05, 3.63) is 69.5 Å². The number of benzene rings is 2. The van der Waals surface area contributed by atoms with Crippen LogP contribution in [0.15, 0.2) is 42.5 Å². The summed E-state index contributed by atoms with van der Waals surface area (Å²) < 4.78 is 13.2. The van der Waals surface area contributed by atoms with E-state index in [1.165, 1.54) is 17.0 Å². The molecule has 0 aromatic heterocycles. The molecule has 0 saturated carbocycles. The maximum atomic E-state index is 13.2. The van der Waals surface area contributed by atoms with Gasteiger partial charge in [-0.2, -0.15) is 0 Å². The molecule has 0 saturated heterocycles. The van der Waals surface area contributed by atoms with Crippen LogP contribution in [0.2, 0.25) is 10.0 Å². The summed E-state index contributed by atoms with van der Waals surface area (Å²) in [7, 11) is 0. The molecule has 0 aliphatic heterocycles. The lowest BCUT2D eigenvalue weighted by Gasteiger charge is -2.32. The van der Waals surface area contributed by atoms with Gasteiger partial charge in [0.25, 0.3) is 0 Å². The zero-order chi connectivity index (χ0) is 22.3. The fraction of sp³-hybridized carbons (Fsp3) is 0.391. The van der Waals surface area contributed by atoms with E-state index >= 15 is 0 Å². The van der Waals surface area contributed by atoms with E-state index in [2.05, 4.69) is 5.32 Å². The molecule has 0 unspecified atom stereocenters. The summed E-state index contributed by atoms with van der Waals surface area (Å²) in [6.45, 7) is 5.94. The van der Waals surface area contributed by atoms with Crippen LogP contribution in [0, 0.1) is 5.82 Å². The second-order valence-corrected chi connectivity index (χ2v) is 8.15. The lowest BCUT2D eigenvalue weighted by molar-refractivity contribution is -0.141. The molecule has 2 aromatic rings. The third-order valence-corrected chi connectivity index (χ3v) is 5.60. The van der Waals surface area contributed by atoms with E-state index < -0.39 is 6.04 Å². The molecule has 30 heavy (non-hydrogen) atoms. The lowest BCUT2D eigenvalue weighted by atomic mass is 10.1. The van der Waals surface area contributed by atoms with Crippen molar-refractivity contribution in [2.75, 3.05) is 0 Å². The molecule has 162 valence electrons. The van der Waals surface area contributed by atoms with Crippen LogP contribution in [-0.4, -0.2) is 28.8 Å². The van der Waals surface area contributed by atoms with Gasteiger partial charge in [0.15, 0.2) is 0 Å². The zero-order valence-electron chi connectivity index (χ0n) is 17.4. The van der Waals surface area contributed by atoms with Crippen LogP contribution >= 0.6 is 23.2 Å². The molecule has 0 radical (unpaired) electrons. The Labute approximate surface area is 187 Å². The van der Waals surface area contributed by atoms with Gasteiger partial charge in [-0.3, -0.25) is 9.59 Å². The van der Waals surface area contributed by atoms with Crippen molar-refractivity contribution in [3.8, 4) is 0 Å². The summed E-state index contributed by atoms with van der Waals surface area (Å²) in [6, 6.07) is 10.2. The first-order chi connectivity index (χ1) is 14.2. The molecule has 1 N–H and O–H groups in total. The number of amides is 2. The Kier molecular flexibility index (Phi) is 9.12. The van der Waals surface area contributed by atoms with Gasteiger partial charge in [0.05, 0.1) is 6.42 Å². The van der Waals surface area contributed by atoms with Gasteiger partial charge in [-0.25, -0.2) is 4.39 Å². The first kappa shape index (κ1) is 24.2. The van der Waals surface area contributed by atoms with Crippen LogP contribution < -0.4 is 5.32 Å². The predicted molar refractivity (Wildman–Crippen MR) is 119 cm³/mol. The highest BCUT2D eigenvalue weighted by Crippen LogP contribution is 2.24. The average Bonchev–Trinajstić information content (AvgIpc) is 2.70. The number of hydrogen-bond acceptors (Lipinski definition) is 2. The van der Waals surface area contributed by atoms with E-state index in [4.69, 9.17) is 23.2 Å². The van der Waals surface area contributed by atoms with Gasteiger partial charge in [-0.15, -0.1) is 0 Å². The molecule has 0 aliphatic rings. The third-order valence-electron chi connectivity index (χ3n) is 5.01. The summed E-state index contributed by atoms with van der Waals surface area (Å²) >= 11 is 12.3. The minimum atomic E-state index is -0.654. The molecule has 0 aliphatic carbocycles. The van der Waals surface area contributed by atoms with Crippen LogP contribution in [0.3, 0.4) is 0 Å². The molecule has 2 amide bonds. The molecular formula is C23H27Cl2FN2O2. The normalized spacial score (nSPS) is 12.9. The van der Waals surface area contributed by atoms with Crippen LogP contribution in [0.5, 0.6) is 0 Å². The van der Waals surface area contributed by atoms with Gasteiger partial charge in [-0.05, 0) is 55.2 Å². The molecule has 0 bridgehead atoms. The zero-order valence-corrected chi connectivity index (χ0v) is 18.9. The summed E-state index contributed by atoms with van der Waals surface area (Å²) in [5, 5.41) is 3.89. The molecule has 7 heteroatoms. The Morgan fingerprint density at radius 2 is 1.73 bits per heavy atom. The summed E-state index contributed by atoms with van der Waals surface area (Å²) in [5.74, 6) is -0.807. The van der Waals surface area contributed by atoms with Gasteiger partial charge in [-0.1, -0.05) is 55.2 Å². The molecule has 0 heterocycles. The fourth-order valence-electron chi connectivity index (χ4n) is 3.07. The molecule has 2 rings (SSSR count). The van der Waals surface area contributed by atoms with Crippen LogP contribution in [-0.2, 0) is 22.6 Å². The monoisotopic (exact) mass is 452 g/mol. The van der Waals surface area contributed by atoms with Crippen molar-refractivity contribution in [3.63, 3.8) is 0 Å². The Morgan fingerprint density at radius 3 is 2.30 bits per heavy atom. The van der Waals surface area contributed by atoms with E-state index in [1.54, 1.807) is 30.3 Å². The molecular weight excluding hydrogens is 426 g/mol. The Morgan fingerprint density at radius 1 is 1.07 bits per heavy atom. The Bertz CT molecular complexity index is 874. The van der Waals surface area contributed by atoms with Gasteiger partial charge >= 0.3 is 0 Å². The quantitative estimate of drug-likeness (QED) is 0.553. The van der Waals surface area contributed by atoms with Crippen molar-refractivity contribution in [2.24, 2.45) is 0 Å². The highest BCUT2D eigenvalue weighted by molar-refractivity contribution is 6.35. The third kappa shape index (κ3) is 6.71. The summed E-state index contributed by atoms with van der Waals surface area (Å²) in [4.78, 5) is 27.7.